The van der Waals surface area contributed by atoms with E-state index in [2.05, 4.69) is 0 Å². The van der Waals surface area contributed by atoms with Crippen LogP contribution < -0.4 is 0 Å². The van der Waals surface area contributed by atoms with Crippen LogP contribution in [0.15, 0.2) is 29.2 Å². The van der Waals surface area contributed by atoms with Gasteiger partial charge >= 0.3 is 7.60 Å². The summed E-state index contributed by atoms with van der Waals surface area (Å²) in [5, 5.41) is 0. The summed E-state index contributed by atoms with van der Waals surface area (Å²) in [6.45, 7) is 9.13. The van der Waals surface area contributed by atoms with Crippen molar-refractivity contribution < 1.29 is 22.0 Å². The standard InChI is InChI=1S/C16H25O5PS/c1-6-20-22(17,21-7-2)16(12-15(16,4)5)23(18,19)14-10-8-13(3)9-11-14/h8-11H,6-7,12H2,1-5H3/t16-/m0/s1. The van der Waals surface area contributed by atoms with Gasteiger partial charge in [0.25, 0.3) is 0 Å². The third-order valence-corrected chi connectivity index (χ3v) is 11.1. The van der Waals surface area contributed by atoms with Gasteiger partial charge in [0.2, 0.25) is 0 Å². The SMILES string of the molecule is CCOP(=O)(OCC)[C@]1(S(=O)(=O)c2ccc(C)cc2)CC1(C)C. The highest BCUT2D eigenvalue weighted by atomic mass is 32.2. The van der Waals surface area contributed by atoms with Crippen LogP contribution in [0.2, 0.25) is 0 Å². The van der Waals surface area contributed by atoms with Gasteiger partial charge in [0.05, 0.1) is 18.1 Å². The lowest BCUT2D eigenvalue weighted by Gasteiger charge is -2.29. The van der Waals surface area contributed by atoms with Crippen LogP contribution in [0, 0.1) is 12.3 Å². The molecule has 0 saturated heterocycles. The van der Waals surface area contributed by atoms with E-state index in [4.69, 9.17) is 9.05 Å². The van der Waals surface area contributed by atoms with E-state index in [0.29, 0.717) is 0 Å². The monoisotopic (exact) mass is 360 g/mol. The molecule has 5 nitrogen and oxygen atoms in total. The Morgan fingerprint density at radius 3 is 1.87 bits per heavy atom. The van der Waals surface area contributed by atoms with Crippen molar-refractivity contribution in [3.05, 3.63) is 29.8 Å². The van der Waals surface area contributed by atoms with Crippen molar-refractivity contribution >= 4 is 17.4 Å². The Hall–Kier alpha value is -0.680. The highest BCUT2D eigenvalue weighted by Crippen LogP contribution is 2.82. The van der Waals surface area contributed by atoms with Gasteiger partial charge in [-0.1, -0.05) is 31.5 Å². The minimum Gasteiger partial charge on any atom is -0.308 e. The first-order valence-corrected chi connectivity index (χ1v) is 10.8. The van der Waals surface area contributed by atoms with Gasteiger partial charge in [-0.3, -0.25) is 4.57 Å². The molecule has 0 amide bonds. The lowest BCUT2D eigenvalue weighted by molar-refractivity contribution is 0.212. The van der Waals surface area contributed by atoms with Gasteiger partial charge in [-0.05, 0) is 44.7 Å². The largest absolute Gasteiger partial charge is 0.352 e. The average Bonchev–Trinajstić information content (AvgIpc) is 3.06. The first-order chi connectivity index (χ1) is 10.6. The third-order valence-electron chi connectivity index (χ3n) is 4.43. The van der Waals surface area contributed by atoms with Crippen LogP contribution in [0.1, 0.15) is 39.7 Å². The smallest absolute Gasteiger partial charge is 0.308 e. The van der Waals surface area contributed by atoms with Crippen LogP contribution in [0.5, 0.6) is 0 Å². The summed E-state index contributed by atoms with van der Waals surface area (Å²) < 4.78 is 49.3. The molecule has 0 N–H and O–H groups in total. The number of aryl methyl sites for hydroxylation is 1. The van der Waals surface area contributed by atoms with E-state index in [1.54, 1.807) is 52.0 Å². The van der Waals surface area contributed by atoms with E-state index in [-0.39, 0.29) is 24.5 Å². The second-order valence-corrected chi connectivity index (χ2v) is 11.2. The van der Waals surface area contributed by atoms with Gasteiger partial charge in [-0.2, -0.15) is 0 Å². The molecule has 2 rings (SSSR count). The zero-order valence-electron chi connectivity index (χ0n) is 14.3. The van der Waals surface area contributed by atoms with Crippen LogP contribution in [-0.4, -0.2) is 26.1 Å². The summed E-state index contributed by atoms with van der Waals surface area (Å²) in [7, 11) is -7.69. The number of hydrogen-bond acceptors (Lipinski definition) is 5. The Kier molecular flexibility index (Phi) is 4.86. The van der Waals surface area contributed by atoms with E-state index in [1.807, 2.05) is 6.92 Å². The van der Waals surface area contributed by atoms with Crippen molar-refractivity contribution in [1.29, 1.82) is 0 Å². The van der Waals surface area contributed by atoms with Crippen molar-refractivity contribution in [3.8, 4) is 0 Å². The molecule has 0 radical (unpaired) electrons. The molecule has 1 fully saturated rings. The molecule has 1 aromatic rings. The fourth-order valence-electron chi connectivity index (χ4n) is 3.13. The zero-order chi connectivity index (χ0) is 17.5. The maximum atomic E-state index is 13.4. The molecular formula is C16H25O5PS. The Morgan fingerprint density at radius 2 is 1.52 bits per heavy atom. The van der Waals surface area contributed by atoms with Gasteiger partial charge in [0, 0.05) is 0 Å². The second kappa shape index (κ2) is 5.99. The maximum absolute atomic E-state index is 13.4. The number of sulfone groups is 1. The van der Waals surface area contributed by atoms with E-state index >= 15 is 0 Å². The summed E-state index contributed by atoms with van der Waals surface area (Å²) in [6, 6.07) is 6.59. The normalized spacial score (nSPS) is 23.7. The van der Waals surface area contributed by atoms with E-state index in [0.717, 1.165) is 5.56 Å². The first-order valence-electron chi connectivity index (χ1n) is 7.78. The minimum absolute atomic E-state index is 0.137. The summed E-state index contributed by atoms with van der Waals surface area (Å²) in [6.07, 6.45) is 0.257. The lowest BCUT2D eigenvalue weighted by Crippen LogP contribution is -2.31. The lowest BCUT2D eigenvalue weighted by atomic mass is 10.2. The number of rotatable bonds is 7. The molecule has 7 heteroatoms. The van der Waals surface area contributed by atoms with E-state index in [1.165, 1.54) is 0 Å². The topological polar surface area (TPSA) is 69.7 Å². The van der Waals surface area contributed by atoms with Gasteiger partial charge < -0.3 is 9.05 Å². The van der Waals surface area contributed by atoms with Gasteiger partial charge in [0.1, 0.15) is 0 Å². The summed E-state index contributed by atoms with van der Waals surface area (Å²) in [5.74, 6) is 0. The highest BCUT2D eigenvalue weighted by molar-refractivity contribution is 8.00. The van der Waals surface area contributed by atoms with Gasteiger partial charge in [-0.25, -0.2) is 8.42 Å². The van der Waals surface area contributed by atoms with Crippen molar-refractivity contribution in [2.75, 3.05) is 13.2 Å². The van der Waals surface area contributed by atoms with Crippen molar-refractivity contribution in [1.82, 2.24) is 0 Å². The molecule has 0 spiro atoms. The van der Waals surface area contributed by atoms with Crippen LogP contribution in [-0.2, 0) is 23.4 Å². The van der Waals surface area contributed by atoms with Crippen molar-refractivity contribution in [2.45, 2.75) is 50.4 Å². The van der Waals surface area contributed by atoms with Crippen LogP contribution >= 0.6 is 7.60 Å². The molecule has 1 aliphatic carbocycles. The first kappa shape index (κ1) is 18.7. The Bertz CT molecular complexity index is 713. The third kappa shape index (κ3) is 2.70. The molecule has 130 valence electrons. The van der Waals surface area contributed by atoms with Crippen LogP contribution in [0.3, 0.4) is 0 Å². The molecule has 23 heavy (non-hydrogen) atoms. The zero-order valence-corrected chi connectivity index (χ0v) is 16.0. The fraction of sp³-hybridized carbons (Fsp3) is 0.625. The van der Waals surface area contributed by atoms with Crippen LogP contribution in [0.25, 0.3) is 0 Å². The molecule has 1 aliphatic rings. The summed E-state index contributed by atoms with van der Waals surface area (Å²) in [5.41, 5.74) is 0.294. The predicted octanol–water partition coefficient (Wildman–Crippen LogP) is 4.16. The Balaban J connectivity index is 2.62. The fourth-order valence-corrected chi connectivity index (χ4v) is 9.60. The van der Waals surface area contributed by atoms with E-state index in [9.17, 15) is 13.0 Å². The van der Waals surface area contributed by atoms with Gasteiger partial charge in [0.15, 0.2) is 14.3 Å². The van der Waals surface area contributed by atoms with Crippen molar-refractivity contribution in [3.63, 3.8) is 0 Å². The molecule has 0 aliphatic heterocycles. The molecule has 0 heterocycles. The molecule has 1 saturated carbocycles. The Morgan fingerprint density at radius 1 is 1.09 bits per heavy atom. The number of hydrogen-bond donors (Lipinski definition) is 0. The molecule has 0 aromatic heterocycles. The molecule has 0 bridgehead atoms. The maximum Gasteiger partial charge on any atom is 0.352 e. The second-order valence-electron chi connectivity index (χ2n) is 6.49. The number of benzene rings is 1. The summed E-state index contributed by atoms with van der Waals surface area (Å²) in [4.78, 5) is 0.160. The van der Waals surface area contributed by atoms with Gasteiger partial charge in [-0.15, -0.1) is 0 Å². The predicted molar refractivity (Wildman–Crippen MR) is 90.4 cm³/mol. The van der Waals surface area contributed by atoms with E-state index < -0.39 is 27.3 Å². The molecule has 0 unspecified atom stereocenters. The molecular weight excluding hydrogens is 335 g/mol. The molecule has 1 aromatic carbocycles. The molecule has 1 atom stereocenters. The minimum atomic E-state index is -3.87. The highest BCUT2D eigenvalue weighted by Gasteiger charge is 2.80. The van der Waals surface area contributed by atoms with Crippen LogP contribution in [0.4, 0.5) is 0 Å². The average molecular weight is 360 g/mol. The summed E-state index contributed by atoms with van der Waals surface area (Å²) >= 11 is 0. The quantitative estimate of drug-likeness (QED) is 0.683. The van der Waals surface area contributed by atoms with Crippen molar-refractivity contribution in [2.24, 2.45) is 5.41 Å². The Labute approximate surface area is 138 Å².